The van der Waals surface area contributed by atoms with Gasteiger partial charge < -0.3 is 15.3 Å². The van der Waals surface area contributed by atoms with Crippen molar-refractivity contribution < 1.29 is 28.5 Å². The van der Waals surface area contributed by atoms with Crippen LogP contribution in [0, 0.1) is 11.3 Å². The molecule has 0 saturated carbocycles. The first-order chi connectivity index (χ1) is 7.77. The van der Waals surface area contributed by atoms with Crippen molar-refractivity contribution in [3.63, 3.8) is 0 Å². The maximum Gasteiger partial charge on any atom is 0.416 e. The summed E-state index contributed by atoms with van der Waals surface area (Å²) in [5.74, 6) is -0.832. The summed E-state index contributed by atoms with van der Waals surface area (Å²) in [5.41, 5.74) is -1.43. The molecule has 0 amide bonds. The van der Waals surface area contributed by atoms with E-state index >= 15 is 0 Å². The Morgan fingerprint density at radius 1 is 1.24 bits per heavy atom. The summed E-state index contributed by atoms with van der Waals surface area (Å²) in [7, 11) is 0. The van der Waals surface area contributed by atoms with Crippen molar-refractivity contribution in [3.8, 4) is 11.8 Å². The quantitative estimate of drug-likeness (QED) is 0.688. The largest absolute Gasteiger partial charge is 0.508 e. The van der Waals surface area contributed by atoms with Crippen molar-refractivity contribution in [2.45, 2.75) is 18.4 Å². The van der Waals surface area contributed by atoms with Crippen LogP contribution in [0.25, 0.3) is 0 Å². The second-order valence-electron chi connectivity index (χ2n) is 3.29. The molecule has 4 nitrogen and oxygen atoms in total. The molecule has 0 heterocycles. The van der Waals surface area contributed by atoms with Crippen LogP contribution in [-0.4, -0.2) is 21.4 Å². The lowest BCUT2D eigenvalue weighted by Crippen LogP contribution is -2.16. The van der Waals surface area contributed by atoms with Crippen LogP contribution in [0.3, 0.4) is 0 Å². The number of nitriles is 1. The van der Waals surface area contributed by atoms with Gasteiger partial charge in [-0.05, 0) is 12.1 Å². The Hall–Kier alpha value is -1.78. The summed E-state index contributed by atoms with van der Waals surface area (Å²) in [6.45, 7) is 0. The molecule has 0 aromatic heterocycles. The van der Waals surface area contributed by atoms with Gasteiger partial charge in [0.05, 0.1) is 11.6 Å². The minimum absolute atomic E-state index is 0.341. The van der Waals surface area contributed by atoms with Crippen LogP contribution in [0.5, 0.6) is 5.75 Å². The number of phenolic OH excluding ortho intramolecular Hbond substituents is 1. The van der Waals surface area contributed by atoms with Crippen molar-refractivity contribution in [2.75, 3.05) is 0 Å². The number of hydrogen-bond donors (Lipinski definition) is 3. The molecule has 0 saturated heterocycles. The maximum absolute atomic E-state index is 12.3. The van der Waals surface area contributed by atoms with E-state index in [4.69, 9.17) is 10.4 Å². The number of halogens is 3. The molecule has 2 atom stereocenters. The van der Waals surface area contributed by atoms with Gasteiger partial charge in [-0.15, -0.1) is 0 Å². The number of hydrogen-bond acceptors (Lipinski definition) is 4. The summed E-state index contributed by atoms with van der Waals surface area (Å²) in [4.78, 5) is 0. The molecule has 17 heavy (non-hydrogen) atoms. The molecule has 1 rings (SSSR count). The van der Waals surface area contributed by atoms with Gasteiger partial charge in [0.2, 0.25) is 0 Å². The highest BCUT2D eigenvalue weighted by molar-refractivity contribution is 5.39. The summed E-state index contributed by atoms with van der Waals surface area (Å²) in [6, 6.07) is 3.18. The topological polar surface area (TPSA) is 84.5 Å². The molecule has 0 radical (unpaired) electrons. The number of nitrogens with zero attached hydrogens (tertiary/aromatic N) is 1. The number of aromatic hydroxyl groups is 1. The molecule has 1 aromatic carbocycles. The molecular formula is C10H8F3NO3. The van der Waals surface area contributed by atoms with Gasteiger partial charge in [0.1, 0.15) is 11.9 Å². The van der Waals surface area contributed by atoms with E-state index < -0.39 is 29.7 Å². The van der Waals surface area contributed by atoms with E-state index in [9.17, 15) is 23.4 Å². The lowest BCUT2D eigenvalue weighted by molar-refractivity contribution is -0.137. The van der Waals surface area contributed by atoms with Crippen molar-refractivity contribution in [1.29, 1.82) is 5.26 Å². The highest BCUT2D eigenvalue weighted by Gasteiger charge is 2.32. The van der Waals surface area contributed by atoms with Crippen molar-refractivity contribution in [2.24, 2.45) is 0 Å². The number of aliphatic hydroxyl groups is 2. The van der Waals surface area contributed by atoms with E-state index in [0.29, 0.717) is 12.1 Å². The van der Waals surface area contributed by atoms with Crippen LogP contribution >= 0.6 is 0 Å². The fraction of sp³-hybridized carbons (Fsp3) is 0.300. The number of aliphatic hydroxyl groups excluding tert-OH is 2. The Balaban J connectivity index is 3.11. The van der Waals surface area contributed by atoms with E-state index in [0.717, 1.165) is 6.07 Å². The number of benzene rings is 1. The first-order valence-electron chi connectivity index (χ1n) is 4.43. The predicted octanol–water partition coefficient (Wildman–Crippen LogP) is 1.33. The fourth-order valence-electron chi connectivity index (χ4n) is 1.21. The minimum atomic E-state index is -4.62. The van der Waals surface area contributed by atoms with Gasteiger partial charge in [-0.25, -0.2) is 0 Å². The third-order valence-corrected chi connectivity index (χ3v) is 2.11. The smallest absolute Gasteiger partial charge is 0.416 e. The van der Waals surface area contributed by atoms with Crippen LogP contribution in [0.1, 0.15) is 17.2 Å². The van der Waals surface area contributed by atoms with Crippen molar-refractivity contribution in [1.82, 2.24) is 0 Å². The molecule has 2 unspecified atom stereocenters. The van der Waals surface area contributed by atoms with Gasteiger partial charge in [-0.1, -0.05) is 6.07 Å². The van der Waals surface area contributed by atoms with Crippen LogP contribution in [0.15, 0.2) is 18.2 Å². The van der Waals surface area contributed by atoms with Gasteiger partial charge in [0, 0.05) is 5.56 Å². The maximum atomic E-state index is 12.3. The van der Waals surface area contributed by atoms with Crippen LogP contribution in [0.4, 0.5) is 13.2 Å². The number of rotatable bonds is 2. The standard InChI is InChI=1S/C10H8F3NO3/c11-10(12,13)5-1-2-6(7(15)3-5)9(17)8(16)4-14/h1-3,8-9,15-17H. The average molecular weight is 247 g/mol. The molecule has 3 N–H and O–H groups in total. The lowest BCUT2D eigenvalue weighted by atomic mass is 10.0. The second-order valence-corrected chi connectivity index (χ2v) is 3.29. The average Bonchev–Trinajstić information content (AvgIpc) is 2.25. The van der Waals surface area contributed by atoms with Gasteiger partial charge in [0.25, 0.3) is 0 Å². The monoisotopic (exact) mass is 247 g/mol. The molecule has 7 heteroatoms. The first kappa shape index (κ1) is 13.3. The summed E-state index contributed by atoms with van der Waals surface area (Å²) >= 11 is 0. The van der Waals surface area contributed by atoms with Gasteiger partial charge in [-0.2, -0.15) is 18.4 Å². The highest BCUT2D eigenvalue weighted by Crippen LogP contribution is 2.35. The van der Waals surface area contributed by atoms with Gasteiger partial charge in [-0.3, -0.25) is 0 Å². The molecule has 1 aromatic rings. The zero-order chi connectivity index (χ0) is 13.2. The predicted molar refractivity (Wildman–Crippen MR) is 49.7 cm³/mol. The lowest BCUT2D eigenvalue weighted by Gasteiger charge is -2.15. The summed E-state index contributed by atoms with van der Waals surface area (Å²) < 4.78 is 36.8. The van der Waals surface area contributed by atoms with E-state index in [1.807, 2.05) is 0 Å². The van der Waals surface area contributed by atoms with Crippen LogP contribution in [-0.2, 0) is 6.18 Å². The summed E-state index contributed by atoms with van der Waals surface area (Å²) in [6.07, 6.45) is -8.20. The van der Waals surface area contributed by atoms with Gasteiger partial charge >= 0.3 is 6.18 Å². The molecular weight excluding hydrogens is 239 g/mol. The van der Waals surface area contributed by atoms with E-state index in [1.54, 1.807) is 0 Å². The Morgan fingerprint density at radius 3 is 2.24 bits per heavy atom. The van der Waals surface area contributed by atoms with Crippen LogP contribution < -0.4 is 0 Å². The molecule has 0 bridgehead atoms. The molecule has 0 spiro atoms. The Morgan fingerprint density at radius 2 is 1.82 bits per heavy atom. The van der Waals surface area contributed by atoms with E-state index in [1.165, 1.54) is 6.07 Å². The third-order valence-electron chi connectivity index (χ3n) is 2.11. The minimum Gasteiger partial charge on any atom is -0.508 e. The van der Waals surface area contributed by atoms with Crippen molar-refractivity contribution in [3.05, 3.63) is 29.3 Å². The first-order valence-corrected chi connectivity index (χ1v) is 4.43. The fourth-order valence-corrected chi connectivity index (χ4v) is 1.21. The molecule has 0 aliphatic rings. The van der Waals surface area contributed by atoms with Crippen molar-refractivity contribution >= 4 is 0 Å². The van der Waals surface area contributed by atoms with E-state index in [2.05, 4.69) is 0 Å². The Bertz CT molecular complexity index is 453. The zero-order valence-electron chi connectivity index (χ0n) is 8.31. The van der Waals surface area contributed by atoms with E-state index in [-0.39, 0.29) is 5.56 Å². The number of alkyl halides is 3. The Kier molecular flexibility index (Phi) is 3.60. The Labute approximate surface area is 94.2 Å². The highest BCUT2D eigenvalue weighted by atomic mass is 19.4. The summed E-state index contributed by atoms with van der Waals surface area (Å²) in [5, 5.41) is 35.9. The third kappa shape index (κ3) is 2.87. The number of phenols is 1. The normalized spacial score (nSPS) is 15.1. The molecule has 0 aliphatic heterocycles. The molecule has 0 aliphatic carbocycles. The molecule has 0 fully saturated rings. The van der Waals surface area contributed by atoms with Gasteiger partial charge in [0.15, 0.2) is 6.10 Å². The van der Waals surface area contributed by atoms with Crippen LogP contribution in [0.2, 0.25) is 0 Å². The second kappa shape index (κ2) is 4.61. The molecule has 92 valence electrons. The zero-order valence-corrected chi connectivity index (χ0v) is 8.31. The SMILES string of the molecule is N#CC(O)C(O)c1ccc(C(F)(F)F)cc1O.